The minimum atomic E-state index is 0.679. The summed E-state index contributed by atoms with van der Waals surface area (Å²) in [6.07, 6.45) is 1.95. The highest BCUT2D eigenvalue weighted by atomic mass is 16.5. The van der Waals surface area contributed by atoms with Crippen LogP contribution in [0.5, 0.6) is 5.75 Å². The standard InChI is InChI=1S/C22H20N4O/c1-15-11-12-16(2)17(14-15)21-22(26-13-7-6-10-20(26)23-21)25-24-18-8-4-5-9-19(18)27-3/h4-14H,1-3H3. The first kappa shape index (κ1) is 17.0. The third-order valence-corrected chi connectivity index (χ3v) is 4.49. The number of azo groups is 1. The Hall–Kier alpha value is -3.47. The van der Waals surface area contributed by atoms with Crippen LogP contribution in [0.25, 0.3) is 16.9 Å². The van der Waals surface area contributed by atoms with Crippen molar-refractivity contribution < 1.29 is 4.74 Å². The summed E-state index contributed by atoms with van der Waals surface area (Å²) in [5, 5.41) is 9.01. The molecule has 134 valence electrons. The van der Waals surface area contributed by atoms with Gasteiger partial charge in [0.05, 0.1) is 7.11 Å². The highest BCUT2D eigenvalue weighted by molar-refractivity contribution is 5.77. The van der Waals surface area contributed by atoms with Gasteiger partial charge in [-0.25, -0.2) is 4.98 Å². The zero-order chi connectivity index (χ0) is 18.8. The number of ether oxygens (including phenoxy) is 1. The minimum absolute atomic E-state index is 0.679. The number of rotatable bonds is 4. The Labute approximate surface area is 158 Å². The van der Waals surface area contributed by atoms with Crippen LogP contribution in [0.4, 0.5) is 11.5 Å². The SMILES string of the molecule is COc1ccccc1N=Nc1c(-c2cc(C)ccc2C)nc2ccccn12. The van der Waals surface area contributed by atoms with Crippen molar-refractivity contribution in [1.82, 2.24) is 9.38 Å². The van der Waals surface area contributed by atoms with Crippen LogP contribution < -0.4 is 4.74 Å². The van der Waals surface area contributed by atoms with Crippen LogP contribution in [0, 0.1) is 13.8 Å². The Morgan fingerprint density at radius 2 is 1.74 bits per heavy atom. The predicted molar refractivity (Wildman–Crippen MR) is 107 cm³/mol. The van der Waals surface area contributed by atoms with Crippen LogP contribution in [-0.2, 0) is 0 Å². The number of para-hydroxylation sites is 1. The molecule has 0 aliphatic heterocycles. The summed E-state index contributed by atoms with van der Waals surface area (Å²) in [4.78, 5) is 4.82. The molecule has 27 heavy (non-hydrogen) atoms. The number of nitrogens with zero attached hydrogens (tertiary/aromatic N) is 4. The Bertz CT molecular complexity index is 1140. The maximum absolute atomic E-state index is 5.38. The summed E-state index contributed by atoms with van der Waals surface area (Å²) in [6.45, 7) is 4.16. The number of imidazole rings is 1. The molecular formula is C22H20N4O. The van der Waals surface area contributed by atoms with Gasteiger partial charge < -0.3 is 4.74 Å². The number of pyridine rings is 1. The lowest BCUT2D eigenvalue weighted by molar-refractivity contribution is 0.416. The maximum atomic E-state index is 5.38. The summed E-state index contributed by atoms with van der Waals surface area (Å²) >= 11 is 0. The van der Waals surface area contributed by atoms with E-state index in [1.165, 1.54) is 5.56 Å². The molecule has 5 heteroatoms. The van der Waals surface area contributed by atoms with Gasteiger partial charge in [-0.3, -0.25) is 4.40 Å². The summed E-state index contributed by atoms with van der Waals surface area (Å²) in [5.41, 5.74) is 5.73. The van der Waals surface area contributed by atoms with Gasteiger partial charge in [0.15, 0.2) is 5.82 Å². The van der Waals surface area contributed by atoms with E-state index in [-0.39, 0.29) is 0 Å². The molecule has 0 saturated carbocycles. The second kappa shape index (κ2) is 7.03. The van der Waals surface area contributed by atoms with Gasteiger partial charge in [-0.1, -0.05) is 35.9 Å². The van der Waals surface area contributed by atoms with Gasteiger partial charge in [-0.05, 0) is 49.7 Å². The molecule has 0 atom stereocenters. The molecule has 0 fully saturated rings. The Balaban J connectivity index is 1.91. The average molecular weight is 356 g/mol. The molecule has 0 aliphatic carbocycles. The van der Waals surface area contributed by atoms with E-state index in [0.29, 0.717) is 17.3 Å². The topological polar surface area (TPSA) is 51.2 Å². The van der Waals surface area contributed by atoms with Crippen molar-refractivity contribution in [3.05, 3.63) is 78.0 Å². The predicted octanol–water partition coefficient (Wildman–Crippen LogP) is 6.04. The Morgan fingerprint density at radius 3 is 2.59 bits per heavy atom. The molecule has 0 N–H and O–H groups in total. The van der Waals surface area contributed by atoms with Crippen LogP contribution in [-0.4, -0.2) is 16.5 Å². The minimum Gasteiger partial charge on any atom is -0.494 e. The summed E-state index contributed by atoms with van der Waals surface area (Å²) in [5.74, 6) is 1.38. The van der Waals surface area contributed by atoms with Gasteiger partial charge in [0, 0.05) is 11.8 Å². The number of aryl methyl sites for hydroxylation is 2. The molecule has 4 aromatic rings. The van der Waals surface area contributed by atoms with E-state index in [4.69, 9.17) is 9.72 Å². The maximum Gasteiger partial charge on any atom is 0.187 e. The van der Waals surface area contributed by atoms with Crippen molar-refractivity contribution >= 4 is 17.2 Å². The molecule has 0 unspecified atom stereocenters. The van der Waals surface area contributed by atoms with Crippen LogP contribution in [0.15, 0.2) is 77.1 Å². The first-order valence-corrected chi connectivity index (χ1v) is 8.77. The molecule has 0 amide bonds. The number of hydrogen-bond acceptors (Lipinski definition) is 4. The average Bonchev–Trinajstić information content (AvgIpc) is 3.06. The monoisotopic (exact) mass is 356 g/mol. The van der Waals surface area contributed by atoms with E-state index in [1.54, 1.807) is 7.11 Å². The van der Waals surface area contributed by atoms with Crippen LogP contribution in [0.1, 0.15) is 11.1 Å². The van der Waals surface area contributed by atoms with Crippen molar-refractivity contribution in [3.63, 3.8) is 0 Å². The van der Waals surface area contributed by atoms with Crippen molar-refractivity contribution in [2.75, 3.05) is 7.11 Å². The van der Waals surface area contributed by atoms with Crippen molar-refractivity contribution in [1.29, 1.82) is 0 Å². The fraction of sp³-hybridized carbons (Fsp3) is 0.136. The number of methoxy groups -OCH3 is 1. The summed E-state index contributed by atoms with van der Waals surface area (Å²) in [6, 6.07) is 19.8. The first-order chi connectivity index (χ1) is 13.2. The first-order valence-electron chi connectivity index (χ1n) is 8.77. The van der Waals surface area contributed by atoms with E-state index in [1.807, 2.05) is 53.1 Å². The fourth-order valence-electron chi connectivity index (χ4n) is 3.06. The van der Waals surface area contributed by atoms with Gasteiger partial charge in [0.2, 0.25) is 0 Å². The number of benzene rings is 2. The van der Waals surface area contributed by atoms with E-state index >= 15 is 0 Å². The zero-order valence-corrected chi connectivity index (χ0v) is 15.5. The fourth-order valence-corrected chi connectivity index (χ4v) is 3.06. The molecule has 4 rings (SSSR count). The lowest BCUT2D eigenvalue weighted by atomic mass is 10.0. The van der Waals surface area contributed by atoms with Crippen molar-refractivity contribution in [2.45, 2.75) is 13.8 Å². The van der Waals surface area contributed by atoms with Crippen molar-refractivity contribution in [3.8, 4) is 17.0 Å². The van der Waals surface area contributed by atoms with Crippen LogP contribution in [0.2, 0.25) is 0 Å². The number of fused-ring (bicyclic) bond motifs is 1. The molecule has 0 saturated heterocycles. The molecule has 2 heterocycles. The molecule has 0 aliphatic rings. The van der Waals surface area contributed by atoms with Gasteiger partial charge in [0.25, 0.3) is 0 Å². The summed E-state index contributed by atoms with van der Waals surface area (Å²) in [7, 11) is 1.63. The van der Waals surface area contributed by atoms with Crippen molar-refractivity contribution in [2.24, 2.45) is 10.2 Å². The largest absolute Gasteiger partial charge is 0.494 e. The summed E-state index contributed by atoms with van der Waals surface area (Å²) < 4.78 is 7.33. The number of aromatic nitrogens is 2. The smallest absolute Gasteiger partial charge is 0.187 e. The zero-order valence-electron chi connectivity index (χ0n) is 15.5. The van der Waals surface area contributed by atoms with E-state index in [9.17, 15) is 0 Å². The molecule has 2 aromatic heterocycles. The van der Waals surface area contributed by atoms with E-state index in [0.717, 1.165) is 22.5 Å². The molecule has 0 spiro atoms. The van der Waals surface area contributed by atoms with E-state index < -0.39 is 0 Å². The Kier molecular flexibility index (Phi) is 4.42. The van der Waals surface area contributed by atoms with Gasteiger partial charge >= 0.3 is 0 Å². The second-order valence-electron chi connectivity index (χ2n) is 6.40. The van der Waals surface area contributed by atoms with E-state index in [2.05, 4.69) is 42.3 Å². The third kappa shape index (κ3) is 3.19. The third-order valence-electron chi connectivity index (χ3n) is 4.49. The molecule has 0 radical (unpaired) electrons. The Morgan fingerprint density at radius 1 is 0.926 bits per heavy atom. The van der Waals surface area contributed by atoms with Crippen LogP contribution in [0.3, 0.4) is 0 Å². The lowest BCUT2D eigenvalue weighted by Gasteiger charge is -2.06. The normalized spacial score (nSPS) is 11.4. The molecular weight excluding hydrogens is 336 g/mol. The second-order valence-corrected chi connectivity index (χ2v) is 6.40. The number of hydrogen-bond donors (Lipinski definition) is 0. The van der Waals surface area contributed by atoms with Gasteiger partial charge in [0.1, 0.15) is 22.8 Å². The molecule has 0 bridgehead atoms. The molecule has 2 aromatic carbocycles. The van der Waals surface area contributed by atoms with Gasteiger partial charge in [-0.15, -0.1) is 10.2 Å². The highest BCUT2D eigenvalue weighted by Gasteiger charge is 2.16. The highest BCUT2D eigenvalue weighted by Crippen LogP contribution is 2.35. The quantitative estimate of drug-likeness (QED) is 0.418. The van der Waals surface area contributed by atoms with Gasteiger partial charge in [-0.2, -0.15) is 0 Å². The van der Waals surface area contributed by atoms with Crippen LogP contribution >= 0.6 is 0 Å². The molecule has 5 nitrogen and oxygen atoms in total. The lowest BCUT2D eigenvalue weighted by Crippen LogP contribution is -1.86.